The molecule has 3 aromatic rings. The van der Waals surface area contributed by atoms with Crippen LogP contribution in [0.15, 0.2) is 83.8 Å². The standard InChI is InChI=1S/C28H31ClFN3O4S/c1-20(2)17-31-28(35)21(3)32(18-22-9-7-8-12-26(22)30)27(34)19-33(24-10-5-4-6-11-24)38(36,37)25-15-13-23(29)14-16-25/h4-16,20-21H,17-19H2,1-3H3,(H,31,35)/t21-/m1/s1. The maximum absolute atomic E-state index is 14.5. The molecule has 7 nitrogen and oxygen atoms in total. The van der Waals surface area contributed by atoms with Crippen LogP contribution in [0.3, 0.4) is 0 Å². The molecule has 0 aromatic heterocycles. The number of benzene rings is 3. The van der Waals surface area contributed by atoms with Gasteiger partial charge in [0.25, 0.3) is 10.0 Å². The van der Waals surface area contributed by atoms with Crippen molar-refractivity contribution < 1.29 is 22.4 Å². The first-order valence-electron chi connectivity index (χ1n) is 12.1. The van der Waals surface area contributed by atoms with Gasteiger partial charge in [-0.2, -0.15) is 0 Å². The smallest absolute Gasteiger partial charge is 0.264 e. The largest absolute Gasteiger partial charge is 0.354 e. The molecule has 2 amide bonds. The Bertz CT molecular complexity index is 1350. The Morgan fingerprint density at radius 1 is 0.921 bits per heavy atom. The molecular weight excluding hydrogens is 529 g/mol. The van der Waals surface area contributed by atoms with Crippen molar-refractivity contribution in [3.05, 3.63) is 95.3 Å². The molecule has 0 unspecified atom stereocenters. The summed E-state index contributed by atoms with van der Waals surface area (Å²) in [6.07, 6.45) is 0. The number of anilines is 1. The number of amides is 2. The van der Waals surface area contributed by atoms with Crippen LogP contribution in [0.2, 0.25) is 5.02 Å². The van der Waals surface area contributed by atoms with Crippen molar-refractivity contribution in [2.75, 3.05) is 17.4 Å². The lowest BCUT2D eigenvalue weighted by Crippen LogP contribution is -2.51. The summed E-state index contributed by atoms with van der Waals surface area (Å²) in [7, 11) is -4.20. The lowest BCUT2D eigenvalue weighted by molar-refractivity contribution is -0.139. The van der Waals surface area contributed by atoms with E-state index in [0.29, 0.717) is 11.6 Å². The average Bonchev–Trinajstić information content (AvgIpc) is 2.90. The van der Waals surface area contributed by atoms with Crippen LogP contribution in [-0.4, -0.2) is 44.3 Å². The minimum Gasteiger partial charge on any atom is -0.354 e. The number of halogens is 2. The molecule has 0 heterocycles. The maximum Gasteiger partial charge on any atom is 0.264 e. The van der Waals surface area contributed by atoms with Gasteiger partial charge in [0.2, 0.25) is 11.8 Å². The predicted molar refractivity (Wildman–Crippen MR) is 147 cm³/mol. The molecule has 0 fully saturated rings. The van der Waals surface area contributed by atoms with Gasteiger partial charge in [0, 0.05) is 23.7 Å². The molecule has 3 rings (SSSR count). The molecule has 38 heavy (non-hydrogen) atoms. The summed E-state index contributed by atoms with van der Waals surface area (Å²) in [6, 6.07) is 18.8. The maximum atomic E-state index is 14.5. The quantitative estimate of drug-likeness (QED) is 0.363. The second-order valence-electron chi connectivity index (χ2n) is 9.23. The number of para-hydroxylation sites is 1. The average molecular weight is 560 g/mol. The second kappa shape index (κ2) is 12.9. The summed E-state index contributed by atoms with van der Waals surface area (Å²) >= 11 is 5.95. The van der Waals surface area contributed by atoms with Crippen molar-refractivity contribution in [1.29, 1.82) is 0 Å². The van der Waals surface area contributed by atoms with Crippen LogP contribution in [0.4, 0.5) is 10.1 Å². The zero-order valence-corrected chi connectivity index (χ0v) is 23.0. The fourth-order valence-corrected chi connectivity index (χ4v) is 5.24. The second-order valence-corrected chi connectivity index (χ2v) is 11.5. The summed E-state index contributed by atoms with van der Waals surface area (Å²) < 4.78 is 42.9. The van der Waals surface area contributed by atoms with E-state index in [1.165, 1.54) is 54.3 Å². The third kappa shape index (κ3) is 7.33. The van der Waals surface area contributed by atoms with Crippen molar-refractivity contribution >= 4 is 39.1 Å². The fourth-order valence-electron chi connectivity index (χ4n) is 3.70. The Morgan fingerprint density at radius 2 is 1.53 bits per heavy atom. The highest BCUT2D eigenvalue weighted by atomic mass is 35.5. The van der Waals surface area contributed by atoms with Gasteiger partial charge in [-0.05, 0) is 55.3 Å². The van der Waals surface area contributed by atoms with Crippen LogP contribution in [0.25, 0.3) is 0 Å². The monoisotopic (exact) mass is 559 g/mol. The van der Waals surface area contributed by atoms with E-state index in [1.54, 1.807) is 36.4 Å². The van der Waals surface area contributed by atoms with E-state index in [9.17, 15) is 22.4 Å². The van der Waals surface area contributed by atoms with Crippen molar-refractivity contribution in [3.63, 3.8) is 0 Å². The van der Waals surface area contributed by atoms with Crippen molar-refractivity contribution in [1.82, 2.24) is 10.2 Å². The Morgan fingerprint density at radius 3 is 2.13 bits per heavy atom. The summed E-state index contributed by atoms with van der Waals surface area (Å²) in [4.78, 5) is 27.8. The highest BCUT2D eigenvalue weighted by Crippen LogP contribution is 2.25. The highest BCUT2D eigenvalue weighted by molar-refractivity contribution is 7.92. The van der Waals surface area contributed by atoms with Gasteiger partial charge in [0.15, 0.2) is 0 Å². The lowest BCUT2D eigenvalue weighted by atomic mass is 10.1. The van der Waals surface area contributed by atoms with Gasteiger partial charge in [-0.25, -0.2) is 12.8 Å². The predicted octanol–water partition coefficient (Wildman–Crippen LogP) is 4.86. The first kappa shape index (κ1) is 29.1. The van der Waals surface area contributed by atoms with Gasteiger partial charge in [-0.3, -0.25) is 13.9 Å². The summed E-state index contributed by atoms with van der Waals surface area (Å²) in [5.74, 6) is -1.44. The molecule has 0 saturated heterocycles. The number of nitrogens with one attached hydrogen (secondary N) is 1. The normalized spacial score (nSPS) is 12.2. The van der Waals surface area contributed by atoms with E-state index < -0.39 is 40.2 Å². The van der Waals surface area contributed by atoms with E-state index in [4.69, 9.17) is 11.6 Å². The van der Waals surface area contributed by atoms with E-state index >= 15 is 0 Å². The van der Waals surface area contributed by atoms with Gasteiger partial charge >= 0.3 is 0 Å². The number of hydrogen-bond donors (Lipinski definition) is 1. The van der Waals surface area contributed by atoms with Crippen molar-refractivity contribution in [3.8, 4) is 0 Å². The lowest BCUT2D eigenvalue weighted by Gasteiger charge is -2.32. The number of hydrogen-bond acceptors (Lipinski definition) is 4. The number of carbonyl (C=O) groups excluding carboxylic acids is 2. The first-order valence-corrected chi connectivity index (χ1v) is 14.0. The molecule has 0 spiro atoms. The highest BCUT2D eigenvalue weighted by Gasteiger charge is 2.32. The van der Waals surface area contributed by atoms with Crippen LogP contribution in [-0.2, 0) is 26.2 Å². The fraction of sp³-hybridized carbons (Fsp3) is 0.286. The Balaban J connectivity index is 1.99. The van der Waals surface area contributed by atoms with Gasteiger partial charge in [-0.15, -0.1) is 0 Å². The zero-order valence-electron chi connectivity index (χ0n) is 21.5. The van der Waals surface area contributed by atoms with Crippen molar-refractivity contribution in [2.24, 2.45) is 5.92 Å². The molecule has 0 aliphatic rings. The molecule has 0 aliphatic carbocycles. The zero-order chi connectivity index (χ0) is 27.9. The van der Waals surface area contributed by atoms with Crippen molar-refractivity contribution in [2.45, 2.75) is 38.3 Å². The molecular formula is C28H31ClFN3O4S. The van der Waals surface area contributed by atoms with Gasteiger partial charge < -0.3 is 10.2 Å². The number of nitrogens with zero attached hydrogens (tertiary/aromatic N) is 2. The molecule has 0 saturated carbocycles. The van der Waals surface area contributed by atoms with Crippen LogP contribution in [0.5, 0.6) is 0 Å². The van der Waals surface area contributed by atoms with Crippen LogP contribution in [0.1, 0.15) is 26.3 Å². The number of sulfonamides is 1. The first-order chi connectivity index (χ1) is 18.0. The third-order valence-electron chi connectivity index (χ3n) is 5.88. The van der Waals surface area contributed by atoms with Gasteiger partial charge in [0.1, 0.15) is 18.4 Å². The van der Waals surface area contributed by atoms with Crippen LogP contribution >= 0.6 is 11.6 Å². The Hall–Kier alpha value is -3.43. The van der Waals surface area contributed by atoms with Crippen LogP contribution < -0.4 is 9.62 Å². The van der Waals surface area contributed by atoms with Gasteiger partial charge in [-0.1, -0.05) is 61.8 Å². The molecule has 10 heteroatoms. The summed E-state index contributed by atoms with van der Waals surface area (Å²) in [5, 5.41) is 3.16. The van der Waals surface area contributed by atoms with E-state index in [-0.39, 0.29) is 28.6 Å². The molecule has 0 aliphatic heterocycles. The molecule has 1 N–H and O–H groups in total. The van der Waals surface area contributed by atoms with Crippen LogP contribution in [0, 0.1) is 11.7 Å². The Labute approximate surface area is 228 Å². The Kier molecular flexibility index (Phi) is 9.88. The minimum absolute atomic E-state index is 0.0538. The molecule has 3 aromatic carbocycles. The summed E-state index contributed by atoms with van der Waals surface area (Å²) in [6.45, 7) is 4.98. The van der Waals surface area contributed by atoms with E-state index in [1.807, 2.05) is 13.8 Å². The van der Waals surface area contributed by atoms with Gasteiger partial charge in [0.05, 0.1) is 10.6 Å². The molecule has 1 atom stereocenters. The number of rotatable bonds is 11. The minimum atomic E-state index is -4.20. The summed E-state index contributed by atoms with van der Waals surface area (Å²) in [5.41, 5.74) is 0.467. The molecule has 0 bridgehead atoms. The molecule has 0 radical (unpaired) electrons. The number of carbonyl (C=O) groups is 2. The topological polar surface area (TPSA) is 86.8 Å². The SMILES string of the molecule is CC(C)CNC(=O)[C@@H](C)N(Cc1ccccc1F)C(=O)CN(c1ccccc1)S(=O)(=O)c1ccc(Cl)cc1. The third-order valence-corrected chi connectivity index (χ3v) is 7.92. The van der Waals surface area contributed by atoms with E-state index in [2.05, 4.69) is 5.32 Å². The van der Waals surface area contributed by atoms with E-state index in [0.717, 1.165) is 4.31 Å². The molecule has 202 valence electrons.